The van der Waals surface area contributed by atoms with Gasteiger partial charge in [-0.15, -0.1) is 0 Å². The minimum atomic E-state index is -4.13. The van der Waals surface area contributed by atoms with Crippen LogP contribution < -0.4 is 14.4 Å². The van der Waals surface area contributed by atoms with E-state index in [0.29, 0.717) is 24.3 Å². The normalized spacial score (nSPS) is 14.5. The number of sulfonamides is 1. The number of para-hydroxylation sites is 1. The number of anilines is 1. The van der Waals surface area contributed by atoms with Gasteiger partial charge >= 0.3 is 0 Å². The van der Waals surface area contributed by atoms with E-state index < -0.39 is 28.5 Å². The van der Waals surface area contributed by atoms with E-state index in [1.54, 1.807) is 43.5 Å². The molecule has 1 saturated carbocycles. The number of nitrogens with one attached hydrogen (secondary N) is 1. The van der Waals surface area contributed by atoms with Crippen LogP contribution in [-0.2, 0) is 32.6 Å². The Hall–Kier alpha value is -3.85. The molecule has 1 aliphatic carbocycles. The fourth-order valence-electron chi connectivity index (χ4n) is 5.84. The number of benzene rings is 3. The molecule has 236 valence electrons. The fraction of sp³-hybridized carbons (Fsp3) is 0.429. The summed E-state index contributed by atoms with van der Waals surface area (Å²) in [7, 11) is -2.55. The summed E-state index contributed by atoms with van der Waals surface area (Å²) in [5.74, 6) is -0.0346. The Kier molecular flexibility index (Phi) is 11.4. The highest BCUT2D eigenvalue weighted by Gasteiger charge is 2.35. The second kappa shape index (κ2) is 15.2. The second-order valence-corrected chi connectivity index (χ2v) is 13.3. The predicted molar refractivity (Wildman–Crippen MR) is 174 cm³/mol. The Morgan fingerprint density at radius 1 is 0.955 bits per heavy atom. The fourth-order valence-corrected chi connectivity index (χ4v) is 7.29. The van der Waals surface area contributed by atoms with Gasteiger partial charge < -0.3 is 15.0 Å². The largest absolute Gasteiger partial charge is 0.497 e. The molecule has 0 aromatic heterocycles. The van der Waals surface area contributed by atoms with E-state index in [4.69, 9.17) is 4.74 Å². The molecule has 9 heteroatoms. The first-order chi connectivity index (χ1) is 21.2. The Bertz CT molecular complexity index is 1520. The number of carbonyl (C=O) groups is 2. The molecule has 1 atom stereocenters. The van der Waals surface area contributed by atoms with Gasteiger partial charge in [0.25, 0.3) is 10.0 Å². The topological polar surface area (TPSA) is 96.0 Å². The third-order valence-corrected chi connectivity index (χ3v) is 10.1. The third-order valence-electron chi connectivity index (χ3n) is 8.35. The van der Waals surface area contributed by atoms with E-state index in [1.165, 1.54) is 9.21 Å². The molecule has 0 aliphatic heterocycles. The van der Waals surface area contributed by atoms with Crippen molar-refractivity contribution in [1.82, 2.24) is 10.2 Å². The maximum atomic E-state index is 14.4. The van der Waals surface area contributed by atoms with Crippen LogP contribution in [0.5, 0.6) is 5.75 Å². The summed E-state index contributed by atoms with van der Waals surface area (Å²) in [5, 5.41) is 3.19. The van der Waals surface area contributed by atoms with Crippen LogP contribution in [0.3, 0.4) is 0 Å². The van der Waals surface area contributed by atoms with Crippen molar-refractivity contribution < 1.29 is 22.7 Å². The van der Waals surface area contributed by atoms with Gasteiger partial charge in [0, 0.05) is 12.6 Å². The van der Waals surface area contributed by atoms with Crippen LogP contribution in [0.1, 0.15) is 69.1 Å². The first kappa shape index (κ1) is 33.1. The zero-order chi connectivity index (χ0) is 31.7. The number of hydrogen-bond donors (Lipinski definition) is 1. The summed E-state index contributed by atoms with van der Waals surface area (Å²) in [6.07, 6.45) is 6.09. The standard InChI is InChI=1S/C35H45N3O5S/c1-5-28-14-10-11-18-33(28)38(44(41,42)31-21-19-26(3)20-22-31)25-34(39)37(24-27-13-12-17-30(23-27)43-4)32(6-2)35(40)36-29-15-8-7-9-16-29/h10-14,17-23,29,32H,5-9,15-16,24-25H2,1-4H3,(H,36,40)/t32-/m1/s1. The number of ether oxygens (including phenoxy) is 1. The summed E-state index contributed by atoms with van der Waals surface area (Å²) < 4.78 is 35.0. The van der Waals surface area contributed by atoms with Crippen molar-refractivity contribution in [1.29, 1.82) is 0 Å². The molecule has 8 nitrogen and oxygen atoms in total. The smallest absolute Gasteiger partial charge is 0.264 e. The summed E-state index contributed by atoms with van der Waals surface area (Å²) in [6, 6.07) is 20.5. The molecule has 0 heterocycles. The molecular weight excluding hydrogens is 574 g/mol. The second-order valence-electron chi connectivity index (χ2n) is 11.4. The SMILES string of the molecule is CCc1ccccc1N(CC(=O)N(Cc1cccc(OC)c1)[C@H](CC)C(=O)NC1CCCCC1)S(=O)(=O)c1ccc(C)cc1. The van der Waals surface area contributed by atoms with Gasteiger partial charge in [0.2, 0.25) is 11.8 Å². The van der Waals surface area contributed by atoms with E-state index in [2.05, 4.69) is 5.32 Å². The van der Waals surface area contributed by atoms with E-state index in [-0.39, 0.29) is 23.4 Å². The molecule has 0 spiro atoms. The number of hydrogen-bond acceptors (Lipinski definition) is 5. The van der Waals surface area contributed by atoms with Crippen LogP contribution in [-0.4, -0.2) is 50.9 Å². The minimum absolute atomic E-state index is 0.0777. The molecule has 3 aromatic carbocycles. The number of methoxy groups -OCH3 is 1. The Balaban J connectivity index is 1.74. The molecule has 1 aliphatic rings. The van der Waals surface area contributed by atoms with E-state index in [1.807, 2.05) is 57.2 Å². The maximum absolute atomic E-state index is 14.4. The predicted octanol–water partition coefficient (Wildman–Crippen LogP) is 6.02. The van der Waals surface area contributed by atoms with Crippen molar-refractivity contribution in [2.24, 2.45) is 0 Å². The van der Waals surface area contributed by atoms with E-state index in [9.17, 15) is 18.0 Å². The molecule has 1 N–H and O–H groups in total. The lowest BCUT2D eigenvalue weighted by atomic mass is 9.95. The number of aryl methyl sites for hydroxylation is 2. The molecule has 4 rings (SSSR count). The molecule has 3 aromatic rings. The third kappa shape index (κ3) is 8.00. The highest BCUT2D eigenvalue weighted by atomic mass is 32.2. The van der Waals surface area contributed by atoms with Crippen molar-refractivity contribution in [3.63, 3.8) is 0 Å². The lowest BCUT2D eigenvalue weighted by molar-refractivity contribution is -0.140. The maximum Gasteiger partial charge on any atom is 0.264 e. The lowest BCUT2D eigenvalue weighted by Gasteiger charge is -2.35. The average molecular weight is 620 g/mol. The Labute approximate surface area is 262 Å². The van der Waals surface area contributed by atoms with Crippen LogP contribution in [0.4, 0.5) is 5.69 Å². The Morgan fingerprint density at radius 2 is 1.66 bits per heavy atom. The number of nitrogens with zero attached hydrogens (tertiary/aromatic N) is 2. The molecule has 1 fully saturated rings. The molecule has 0 bridgehead atoms. The summed E-state index contributed by atoms with van der Waals surface area (Å²) >= 11 is 0. The van der Waals surface area contributed by atoms with E-state index in [0.717, 1.165) is 48.8 Å². The molecule has 0 saturated heterocycles. The molecule has 0 unspecified atom stereocenters. The van der Waals surface area contributed by atoms with Gasteiger partial charge in [-0.25, -0.2) is 8.42 Å². The summed E-state index contributed by atoms with van der Waals surface area (Å²) in [6.45, 7) is 5.40. The van der Waals surface area contributed by atoms with Crippen molar-refractivity contribution in [2.45, 2.75) is 89.2 Å². The van der Waals surface area contributed by atoms with Gasteiger partial charge in [-0.1, -0.05) is 81.1 Å². The van der Waals surface area contributed by atoms with Crippen LogP contribution in [0, 0.1) is 6.92 Å². The summed E-state index contributed by atoms with van der Waals surface area (Å²) in [4.78, 5) is 29.8. The molecule has 0 radical (unpaired) electrons. The zero-order valence-electron chi connectivity index (χ0n) is 26.3. The van der Waals surface area contributed by atoms with Crippen molar-refractivity contribution in [3.05, 3.63) is 89.5 Å². The van der Waals surface area contributed by atoms with Gasteiger partial charge in [0.05, 0.1) is 17.7 Å². The quantitative estimate of drug-likeness (QED) is 0.253. The van der Waals surface area contributed by atoms with Crippen molar-refractivity contribution >= 4 is 27.5 Å². The van der Waals surface area contributed by atoms with Gasteiger partial charge in [-0.05, 0) is 74.1 Å². The van der Waals surface area contributed by atoms with Crippen molar-refractivity contribution in [2.75, 3.05) is 18.0 Å². The first-order valence-electron chi connectivity index (χ1n) is 15.6. The zero-order valence-corrected chi connectivity index (χ0v) is 27.1. The van der Waals surface area contributed by atoms with Gasteiger partial charge in [0.1, 0.15) is 18.3 Å². The van der Waals surface area contributed by atoms with Crippen molar-refractivity contribution in [3.8, 4) is 5.75 Å². The highest BCUT2D eigenvalue weighted by Crippen LogP contribution is 2.29. The van der Waals surface area contributed by atoms with Gasteiger partial charge in [0.15, 0.2) is 0 Å². The minimum Gasteiger partial charge on any atom is -0.497 e. The number of carbonyl (C=O) groups excluding carboxylic acids is 2. The van der Waals surface area contributed by atoms with Crippen LogP contribution >= 0.6 is 0 Å². The van der Waals surface area contributed by atoms with Crippen LogP contribution in [0.15, 0.2) is 77.7 Å². The van der Waals surface area contributed by atoms with Gasteiger partial charge in [-0.3, -0.25) is 13.9 Å². The molecular formula is C35H45N3O5S. The van der Waals surface area contributed by atoms with E-state index >= 15 is 0 Å². The van der Waals surface area contributed by atoms with Crippen LogP contribution in [0.2, 0.25) is 0 Å². The van der Waals surface area contributed by atoms with Gasteiger partial charge in [-0.2, -0.15) is 0 Å². The highest BCUT2D eigenvalue weighted by molar-refractivity contribution is 7.92. The lowest BCUT2D eigenvalue weighted by Crippen LogP contribution is -2.54. The number of rotatable bonds is 13. The average Bonchev–Trinajstić information content (AvgIpc) is 3.04. The summed E-state index contributed by atoms with van der Waals surface area (Å²) in [5.41, 5.74) is 2.96. The first-order valence-corrected chi connectivity index (χ1v) is 17.0. The monoisotopic (exact) mass is 619 g/mol. The Morgan fingerprint density at radius 3 is 2.32 bits per heavy atom. The molecule has 2 amide bonds. The molecule has 44 heavy (non-hydrogen) atoms. The number of amides is 2. The van der Waals surface area contributed by atoms with Crippen LogP contribution in [0.25, 0.3) is 0 Å².